The normalized spacial score (nSPS) is 21.3. The van der Waals surface area contributed by atoms with Gasteiger partial charge < -0.3 is 20.3 Å². The van der Waals surface area contributed by atoms with Gasteiger partial charge in [0.25, 0.3) is 0 Å². The Balaban J connectivity index is 1.76. The number of hydrogen-bond donors (Lipinski definition) is 3. The fourth-order valence-electron chi connectivity index (χ4n) is 2.80. The van der Waals surface area contributed by atoms with Gasteiger partial charge in [-0.05, 0) is 36.8 Å². The van der Waals surface area contributed by atoms with Crippen molar-refractivity contribution in [2.75, 3.05) is 38.1 Å². The summed E-state index contributed by atoms with van der Waals surface area (Å²) in [7, 11) is 0. The van der Waals surface area contributed by atoms with Gasteiger partial charge in [-0.25, -0.2) is 4.39 Å². The topological polar surface area (TPSA) is 37.7 Å². The maximum absolute atomic E-state index is 13.5. The van der Waals surface area contributed by atoms with E-state index in [2.05, 4.69) is 24.5 Å². The Morgan fingerprint density at radius 1 is 1.48 bits per heavy atom. The van der Waals surface area contributed by atoms with Crippen molar-refractivity contribution in [3.05, 3.63) is 29.6 Å². The number of benzene rings is 1. The number of ether oxygens (including phenoxy) is 1. The van der Waals surface area contributed by atoms with E-state index in [1.165, 1.54) is 12.6 Å². The minimum atomic E-state index is -0.235. The van der Waals surface area contributed by atoms with Crippen LogP contribution in [0.2, 0.25) is 0 Å². The van der Waals surface area contributed by atoms with Crippen molar-refractivity contribution in [3.8, 4) is 0 Å². The summed E-state index contributed by atoms with van der Waals surface area (Å²) in [6.45, 7) is 10.9. The Morgan fingerprint density at radius 3 is 2.96 bits per heavy atom. The zero-order chi connectivity index (χ0) is 16.8. The molecule has 0 amide bonds. The standard InChI is InChI=1S/C17H26FN3OS/c1-12(2)10-21-6-7-22-15(11-21)9-19-17(23)20-14-5-4-13(3)16(18)8-14/h4-5,8,12,15H,6-7,9-11H2,1-3H3,(H2,19,20,23)/p+1/t15-/m0/s1. The Morgan fingerprint density at radius 2 is 2.26 bits per heavy atom. The summed E-state index contributed by atoms with van der Waals surface area (Å²) in [5, 5.41) is 6.67. The van der Waals surface area contributed by atoms with Crippen LogP contribution in [0.5, 0.6) is 0 Å². The first-order valence-corrected chi connectivity index (χ1v) is 8.61. The number of anilines is 1. The van der Waals surface area contributed by atoms with E-state index in [0.29, 0.717) is 28.8 Å². The van der Waals surface area contributed by atoms with Crippen LogP contribution in [0.15, 0.2) is 18.2 Å². The zero-order valence-corrected chi connectivity index (χ0v) is 14.9. The fourth-order valence-corrected chi connectivity index (χ4v) is 3.00. The summed E-state index contributed by atoms with van der Waals surface area (Å²) in [6, 6.07) is 5.00. The van der Waals surface area contributed by atoms with Crippen molar-refractivity contribution in [1.29, 1.82) is 0 Å². The van der Waals surface area contributed by atoms with Gasteiger partial charge in [0.15, 0.2) is 5.11 Å². The third kappa shape index (κ3) is 6.05. The molecular weight excluding hydrogens is 313 g/mol. The molecule has 0 bridgehead atoms. The van der Waals surface area contributed by atoms with Crippen LogP contribution in [0.3, 0.4) is 0 Å². The van der Waals surface area contributed by atoms with Crippen LogP contribution >= 0.6 is 12.2 Å². The highest BCUT2D eigenvalue weighted by atomic mass is 32.1. The molecule has 0 radical (unpaired) electrons. The van der Waals surface area contributed by atoms with Gasteiger partial charge in [-0.1, -0.05) is 19.9 Å². The summed E-state index contributed by atoms with van der Waals surface area (Å²) in [6.07, 6.45) is 0.159. The lowest BCUT2D eigenvalue weighted by molar-refractivity contribution is -0.914. The summed E-state index contributed by atoms with van der Waals surface area (Å²) in [4.78, 5) is 1.58. The summed E-state index contributed by atoms with van der Waals surface area (Å²) in [5.74, 6) is 0.456. The molecule has 4 nitrogen and oxygen atoms in total. The summed E-state index contributed by atoms with van der Waals surface area (Å²) < 4.78 is 19.3. The summed E-state index contributed by atoms with van der Waals surface area (Å²) in [5.41, 5.74) is 1.28. The highest BCUT2D eigenvalue weighted by molar-refractivity contribution is 7.80. The first kappa shape index (κ1) is 18.1. The molecule has 0 spiro atoms. The van der Waals surface area contributed by atoms with Crippen molar-refractivity contribution in [2.45, 2.75) is 26.9 Å². The molecule has 1 unspecified atom stereocenters. The van der Waals surface area contributed by atoms with Crippen LogP contribution < -0.4 is 15.5 Å². The van der Waals surface area contributed by atoms with E-state index >= 15 is 0 Å². The lowest BCUT2D eigenvalue weighted by atomic mass is 10.2. The maximum Gasteiger partial charge on any atom is 0.170 e. The van der Waals surface area contributed by atoms with Crippen molar-refractivity contribution >= 4 is 23.0 Å². The van der Waals surface area contributed by atoms with E-state index in [1.807, 2.05) is 6.07 Å². The van der Waals surface area contributed by atoms with E-state index in [-0.39, 0.29) is 11.9 Å². The van der Waals surface area contributed by atoms with E-state index in [1.54, 1.807) is 17.9 Å². The van der Waals surface area contributed by atoms with Crippen molar-refractivity contribution in [3.63, 3.8) is 0 Å². The Kier molecular flexibility index (Phi) is 6.74. The molecule has 2 rings (SSSR count). The number of halogens is 1. The minimum absolute atomic E-state index is 0.159. The number of thiocarbonyl (C=S) groups is 1. The minimum Gasteiger partial charge on any atom is -0.365 e. The number of rotatable bonds is 5. The predicted molar refractivity (Wildman–Crippen MR) is 95.5 cm³/mol. The van der Waals surface area contributed by atoms with E-state index in [0.717, 1.165) is 19.7 Å². The maximum atomic E-state index is 13.5. The average Bonchev–Trinajstić information content (AvgIpc) is 2.49. The van der Waals surface area contributed by atoms with Gasteiger partial charge in [0, 0.05) is 18.2 Å². The van der Waals surface area contributed by atoms with Gasteiger partial charge in [-0.3, -0.25) is 0 Å². The van der Waals surface area contributed by atoms with Gasteiger partial charge in [0.2, 0.25) is 0 Å². The summed E-state index contributed by atoms with van der Waals surface area (Å²) >= 11 is 5.27. The Labute approximate surface area is 143 Å². The van der Waals surface area contributed by atoms with Gasteiger partial charge in [-0.15, -0.1) is 0 Å². The van der Waals surface area contributed by atoms with E-state index in [4.69, 9.17) is 17.0 Å². The molecule has 3 N–H and O–H groups in total. The van der Waals surface area contributed by atoms with Crippen molar-refractivity contribution in [2.24, 2.45) is 5.92 Å². The molecule has 6 heteroatoms. The molecule has 0 aliphatic carbocycles. The molecule has 128 valence electrons. The van der Waals surface area contributed by atoms with Crippen LogP contribution in [0, 0.1) is 18.7 Å². The third-order valence-corrected chi connectivity index (χ3v) is 4.19. The lowest BCUT2D eigenvalue weighted by Crippen LogP contribution is -3.15. The molecule has 1 aliphatic heterocycles. The number of morpholine rings is 1. The molecular formula is C17H27FN3OS+. The molecule has 2 atom stereocenters. The van der Waals surface area contributed by atoms with Gasteiger partial charge >= 0.3 is 0 Å². The van der Waals surface area contributed by atoms with Crippen molar-refractivity contribution in [1.82, 2.24) is 5.32 Å². The van der Waals surface area contributed by atoms with Crippen LogP contribution in [0.1, 0.15) is 19.4 Å². The molecule has 23 heavy (non-hydrogen) atoms. The second-order valence-corrected chi connectivity index (χ2v) is 7.00. The molecule has 1 aliphatic rings. The number of aryl methyl sites for hydroxylation is 1. The number of quaternary nitrogens is 1. The molecule has 1 aromatic rings. The lowest BCUT2D eigenvalue weighted by Gasteiger charge is -2.31. The predicted octanol–water partition coefficient (Wildman–Crippen LogP) is 1.36. The largest absolute Gasteiger partial charge is 0.365 e. The van der Waals surface area contributed by atoms with Gasteiger partial charge in [0.05, 0.1) is 13.2 Å². The molecule has 1 fully saturated rings. The first-order chi connectivity index (χ1) is 10.9. The number of hydrogen-bond acceptors (Lipinski definition) is 2. The zero-order valence-electron chi connectivity index (χ0n) is 14.1. The fraction of sp³-hybridized carbons (Fsp3) is 0.588. The van der Waals surface area contributed by atoms with Gasteiger partial charge in [-0.2, -0.15) is 0 Å². The van der Waals surface area contributed by atoms with E-state index < -0.39 is 0 Å². The SMILES string of the molecule is Cc1ccc(NC(=S)NC[C@H]2C[NH+](CC(C)C)CCO2)cc1F. The molecule has 1 aromatic carbocycles. The molecule has 1 heterocycles. The first-order valence-electron chi connectivity index (χ1n) is 8.20. The van der Waals surface area contributed by atoms with E-state index in [9.17, 15) is 4.39 Å². The smallest absolute Gasteiger partial charge is 0.170 e. The molecule has 0 saturated carbocycles. The van der Waals surface area contributed by atoms with Crippen molar-refractivity contribution < 1.29 is 14.0 Å². The average molecular weight is 340 g/mol. The van der Waals surface area contributed by atoms with Crippen LogP contribution in [0.25, 0.3) is 0 Å². The Bertz CT molecular complexity index is 539. The van der Waals surface area contributed by atoms with Crippen LogP contribution in [-0.4, -0.2) is 44.0 Å². The quantitative estimate of drug-likeness (QED) is 0.708. The highest BCUT2D eigenvalue weighted by Gasteiger charge is 2.24. The molecule has 1 saturated heterocycles. The highest BCUT2D eigenvalue weighted by Crippen LogP contribution is 2.13. The Hall–Kier alpha value is -1.24. The molecule has 0 aromatic heterocycles. The third-order valence-electron chi connectivity index (χ3n) is 3.94. The van der Waals surface area contributed by atoms with Gasteiger partial charge in [0.1, 0.15) is 25.0 Å². The van der Waals surface area contributed by atoms with Crippen LogP contribution in [0.4, 0.5) is 10.1 Å². The number of nitrogens with one attached hydrogen (secondary N) is 3. The second kappa shape index (κ2) is 8.57. The monoisotopic (exact) mass is 340 g/mol. The van der Waals surface area contributed by atoms with Crippen LogP contribution in [-0.2, 0) is 4.74 Å². The second-order valence-electron chi connectivity index (χ2n) is 6.59.